The van der Waals surface area contributed by atoms with Crippen molar-refractivity contribution in [2.75, 3.05) is 6.61 Å². The lowest BCUT2D eigenvalue weighted by Gasteiger charge is -2.30. The molecule has 4 nitrogen and oxygen atoms in total. The molecule has 0 radical (unpaired) electrons. The van der Waals surface area contributed by atoms with Crippen molar-refractivity contribution in [2.45, 2.75) is 19.1 Å². The van der Waals surface area contributed by atoms with E-state index in [2.05, 4.69) is 5.32 Å². The summed E-state index contributed by atoms with van der Waals surface area (Å²) in [5, 5.41) is 2.92. The molecule has 1 aliphatic heterocycles. The first-order chi connectivity index (χ1) is 11.2. The summed E-state index contributed by atoms with van der Waals surface area (Å²) >= 11 is 0. The second-order valence-corrected chi connectivity index (χ2v) is 5.46. The lowest BCUT2D eigenvalue weighted by molar-refractivity contribution is -0.117. The summed E-state index contributed by atoms with van der Waals surface area (Å²) < 4.78 is 11.6. The Hall–Kier alpha value is -2.75. The number of para-hydroxylation sites is 2. The van der Waals surface area contributed by atoms with Crippen LogP contribution in [0.25, 0.3) is 6.08 Å². The van der Waals surface area contributed by atoms with Gasteiger partial charge in [-0.25, -0.2) is 0 Å². The Kier molecular flexibility index (Phi) is 4.62. The summed E-state index contributed by atoms with van der Waals surface area (Å²) in [7, 11) is 0. The number of fused-ring (bicyclic) bond motifs is 1. The van der Waals surface area contributed by atoms with E-state index in [-0.39, 0.29) is 18.1 Å². The van der Waals surface area contributed by atoms with Crippen LogP contribution in [0.3, 0.4) is 0 Å². The van der Waals surface area contributed by atoms with Gasteiger partial charge in [0.25, 0.3) is 0 Å². The van der Waals surface area contributed by atoms with Crippen molar-refractivity contribution in [3.63, 3.8) is 0 Å². The molecular formula is C19H19NO3. The van der Waals surface area contributed by atoms with Crippen molar-refractivity contribution in [3.8, 4) is 11.5 Å². The monoisotopic (exact) mass is 309 g/mol. The summed E-state index contributed by atoms with van der Waals surface area (Å²) in [5.41, 5.74) is 0.987. The number of nitrogens with one attached hydrogen (secondary N) is 1. The Morgan fingerprint density at radius 1 is 1.13 bits per heavy atom. The standard InChI is InChI=1S/C19H19NO3/c1-14(18-13-22-16-9-5-6-10-17(16)23-18)20-19(21)12-11-15-7-3-2-4-8-15/h2-12,14,18H,13H2,1H3,(H,20,21). The molecule has 23 heavy (non-hydrogen) atoms. The number of amides is 1. The first kappa shape index (κ1) is 15.2. The van der Waals surface area contributed by atoms with E-state index >= 15 is 0 Å². The van der Waals surface area contributed by atoms with Gasteiger partial charge in [-0.05, 0) is 30.7 Å². The fraction of sp³-hybridized carbons (Fsp3) is 0.211. The predicted molar refractivity (Wildman–Crippen MR) is 89.4 cm³/mol. The van der Waals surface area contributed by atoms with Crippen LogP contribution in [0.2, 0.25) is 0 Å². The van der Waals surface area contributed by atoms with E-state index in [1.165, 1.54) is 6.08 Å². The van der Waals surface area contributed by atoms with E-state index in [1.807, 2.05) is 61.5 Å². The topological polar surface area (TPSA) is 47.6 Å². The number of ether oxygens (including phenoxy) is 2. The Bertz CT molecular complexity index is 697. The van der Waals surface area contributed by atoms with Crippen LogP contribution in [0.15, 0.2) is 60.7 Å². The molecule has 0 spiro atoms. The zero-order valence-electron chi connectivity index (χ0n) is 12.9. The van der Waals surface area contributed by atoms with Gasteiger partial charge in [-0.3, -0.25) is 4.79 Å². The van der Waals surface area contributed by atoms with Gasteiger partial charge in [0.15, 0.2) is 17.6 Å². The molecule has 0 aliphatic carbocycles. The number of hydrogen-bond acceptors (Lipinski definition) is 3. The molecule has 1 N–H and O–H groups in total. The molecule has 1 amide bonds. The van der Waals surface area contributed by atoms with Crippen molar-refractivity contribution < 1.29 is 14.3 Å². The van der Waals surface area contributed by atoms with Gasteiger partial charge in [0.05, 0.1) is 6.04 Å². The maximum atomic E-state index is 12.0. The Morgan fingerprint density at radius 2 is 1.83 bits per heavy atom. The zero-order chi connectivity index (χ0) is 16.1. The van der Waals surface area contributed by atoms with E-state index in [0.29, 0.717) is 12.4 Å². The van der Waals surface area contributed by atoms with Gasteiger partial charge >= 0.3 is 0 Å². The van der Waals surface area contributed by atoms with Crippen molar-refractivity contribution in [3.05, 3.63) is 66.2 Å². The summed E-state index contributed by atoms with van der Waals surface area (Å²) in [4.78, 5) is 12.0. The van der Waals surface area contributed by atoms with Crippen molar-refractivity contribution in [1.82, 2.24) is 5.32 Å². The molecule has 3 rings (SSSR count). The third-order valence-corrected chi connectivity index (χ3v) is 3.68. The molecule has 4 heteroatoms. The first-order valence-electron chi connectivity index (χ1n) is 7.64. The maximum absolute atomic E-state index is 12.0. The number of carbonyl (C=O) groups is 1. The molecule has 2 aromatic rings. The predicted octanol–water partition coefficient (Wildman–Crippen LogP) is 3.04. The molecule has 0 fully saturated rings. The van der Waals surface area contributed by atoms with Crippen LogP contribution in [0, 0.1) is 0 Å². The zero-order valence-corrected chi connectivity index (χ0v) is 12.9. The van der Waals surface area contributed by atoms with Crippen LogP contribution in [0.5, 0.6) is 11.5 Å². The van der Waals surface area contributed by atoms with E-state index in [0.717, 1.165) is 11.3 Å². The smallest absolute Gasteiger partial charge is 0.244 e. The molecule has 1 aliphatic rings. The van der Waals surface area contributed by atoms with Gasteiger partial charge in [0.1, 0.15) is 6.61 Å². The average Bonchev–Trinajstić information content (AvgIpc) is 2.60. The van der Waals surface area contributed by atoms with Crippen LogP contribution in [-0.2, 0) is 4.79 Å². The van der Waals surface area contributed by atoms with Crippen molar-refractivity contribution in [2.24, 2.45) is 0 Å². The minimum absolute atomic E-state index is 0.149. The molecule has 118 valence electrons. The molecule has 1 heterocycles. The van der Waals surface area contributed by atoms with Gasteiger partial charge in [-0.15, -0.1) is 0 Å². The van der Waals surface area contributed by atoms with Gasteiger partial charge < -0.3 is 14.8 Å². The summed E-state index contributed by atoms with van der Waals surface area (Å²) in [6, 6.07) is 17.1. The fourth-order valence-corrected chi connectivity index (χ4v) is 2.38. The fourth-order valence-electron chi connectivity index (χ4n) is 2.38. The second-order valence-electron chi connectivity index (χ2n) is 5.46. The number of rotatable bonds is 4. The lowest BCUT2D eigenvalue weighted by atomic mass is 10.1. The van der Waals surface area contributed by atoms with Crippen LogP contribution in [-0.4, -0.2) is 24.7 Å². The largest absolute Gasteiger partial charge is 0.486 e. The highest BCUT2D eigenvalue weighted by atomic mass is 16.6. The molecule has 2 atom stereocenters. The molecule has 0 aromatic heterocycles. The minimum atomic E-state index is -0.209. The summed E-state index contributed by atoms with van der Waals surface area (Å²) in [5.74, 6) is 1.31. The number of benzene rings is 2. The van der Waals surface area contributed by atoms with Crippen molar-refractivity contribution >= 4 is 12.0 Å². The SMILES string of the molecule is CC(NC(=O)C=Cc1ccccc1)C1COc2ccccc2O1. The van der Waals surface area contributed by atoms with Gasteiger partial charge in [0.2, 0.25) is 5.91 Å². The van der Waals surface area contributed by atoms with E-state index in [4.69, 9.17) is 9.47 Å². The highest BCUT2D eigenvalue weighted by Gasteiger charge is 2.26. The van der Waals surface area contributed by atoms with Gasteiger partial charge in [-0.1, -0.05) is 42.5 Å². The third kappa shape index (κ3) is 3.92. The van der Waals surface area contributed by atoms with Crippen LogP contribution in [0.4, 0.5) is 0 Å². The average molecular weight is 309 g/mol. The first-order valence-corrected chi connectivity index (χ1v) is 7.64. The molecule has 2 aromatic carbocycles. The van der Waals surface area contributed by atoms with E-state index in [9.17, 15) is 4.79 Å². The molecule has 0 saturated carbocycles. The normalized spacial score (nSPS) is 17.7. The van der Waals surface area contributed by atoms with E-state index < -0.39 is 0 Å². The van der Waals surface area contributed by atoms with Crippen molar-refractivity contribution in [1.29, 1.82) is 0 Å². The Balaban J connectivity index is 1.56. The second kappa shape index (κ2) is 7.01. The molecule has 0 bridgehead atoms. The quantitative estimate of drug-likeness (QED) is 0.883. The summed E-state index contributed by atoms with van der Waals surface area (Å²) in [6.45, 7) is 2.33. The van der Waals surface area contributed by atoms with Gasteiger partial charge in [0, 0.05) is 6.08 Å². The van der Waals surface area contributed by atoms with Gasteiger partial charge in [-0.2, -0.15) is 0 Å². The minimum Gasteiger partial charge on any atom is -0.486 e. The van der Waals surface area contributed by atoms with Crippen LogP contribution >= 0.6 is 0 Å². The molecule has 0 saturated heterocycles. The highest BCUT2D eigenvalue weighted by Crippen LogP contribution is 2.31. The molecule has 2 unspecified atom stereocenters. The maximum Gasteiger partial charge on any atom is 0.244 e. The Morgan fingerprint density at radius 3 is 2.61 bits per heavy atom. The lowest BCUT2D eigenvalue weighted by Crippen LogP contribution is -2.47. The van der Waals surface area contributed by atoms with Crippen LogP contribution < -0.4 is 14.8 Å². The summed E-state index contributed by atoms with van der Waals surface area (Å²) in [6.07, 6.45) is 3.11. The third-order valence-electron chi connectivity index (χ3n) is 3.68. The molecular weight excluding hydrogens is 290 g/mol. The Labute approximate surface area is 135 Å². The van der Waals surface area contributed by atoms with Crippen LogP contribution in [0.1, 0.15) is 12.5 Å². The number of hydrogen-bond donors (Lipinski definition) is 1. The van der Waals surface area contributed by atoms with E-state index in [1.54, 1.807) is 6.08 Å². The highest BCUT2D eigenvalue weighted by molar-refractivity contribution is 5.91. The number of carbonyl (C=O) groups excluding carboxylic acids is 1.